The maximum Gasteiger partial charge on any atom is 0.124 e. The normalized spacial score (nSPS) is 29.4. The standard InChI is InChI=1S/C15H22N2O2/c1-18-14-7-13(8-15(9-14)19-2)17-11-3-4-12(17)6-10(16)5-11/h7-12H,3-6,16H2,1-2H3. The molecule has 0 saturated carbocycles. The van der Waals surface area contributed by atoms with Gasteiger partial charge in [-0.2, -0.15) is 0 Å². The highest BCUT2D eigenvalue weighted by Gasteiger charge is 2.39. The molecule has 0 amide bonds. The van der Waals surface area contributed by atoms with Crippen molar-refractivity contribution in [2.24, 2.45) is 5.73 Å². The van der Waals surface area contributed by atoms with Gasteiger partial charge in [-0.05, 0) is 25.7 Å². The Morgan fingerprint density at radius 2 is 1.53 bits per heavy atom. The van der Waals surface area contributed by atoms with E-state index < -0.39 is 0 Å². The van der Waals surface area contributed by atoms with Crippen molar-refractivity contribution in [2.45, 2.75) is 43.8 Å². The molecule has 1 aromatic carbocycles. The van der Waals surface area contributed by atoms with E-state index in [0.29, 0.717) is 18.1 Å². The Balaban J connectivity index is 1.94. The summed E-state index contributed by atoms with van der Waals surface area (Å²) in [7, 11) is 3.39. The maximum atomic E-state index is 6.13. The van der Waals surface area contributed by atoms with Crippen LogP contribution in [0.4, 0.5) is 5.69 Å². The molecule has 0 spiro atoms. The van der Waals surface area contributed by atoms with E-state index in [0.717, 1.165) is 24.3 Å². The van der Waals surface area contributed by atoms with Crippen LogP contribution >= 0.6 is 0 Å². The highest BCUT2D eigenvalue weighted by Crippen LogP contribution is 2.41. The second-order valence-corrected chi connectivity index (χ2v) is 5.59. The van der Waals surface area contributed by atoms with E-state index in [1.807, 2.05) is 6.07 Å². The van der Waals surface area contributed by atoms with E-state index in [4.69, 9.17) is 15.2 Å². The van der Waals surface area contributed by atoms with Crippen LogP contribution in [0.5, 0.6) is 11.5 Å². The summed E-state index contributed by atoms with van der Waals surface area (Å²) in [6, 6.07) is 7.63. The number of fused-ring (bicyclic) bond motifs is 2. The molecular weight excluding hydrogens is 240 g/mol. The summed E-state index contributed by atoms with van der Waals surface area (Å²) in [5, 5.41) is 0. The molecular formula is C15H22N2O2. The summed E-state index contributed by atoms with van der Waals surface area (Å²) in [4.78, 5) is 2.52. The summed E-state index contributed by atoms with van der Waals surface area (Å²) in [5.74, 6) is 1.70. The Bertz CT molecular complexity index is 427. The number of benzene rings is 1. The highest BCUT2D eigenvalue weighted by molar-refractivity contribution is 5.58. The smallest absolute Gasteiger partial charge is 0.124 e. The molecule has 19 heavy (non-hydrogen) atoms. The number of hydrogen-bond donors (Lipinski definition) is 1. The number of piperidine rings is 1. The lowest BCUT2D eigenvalue weighted by molar-refractivity contribution is 0.390. The van der Waals surface area contributed by atoms with E-state index in [9.17, 15) is 0 Å². The van der Waals surface area contributed by atoms with Gasteiger partial charge in [0.05, 0.1) is 14.2 Å². The minimum Gasteiger partial charge on any atom is -0.497 e. The molecule has 104 valence electrons. The fraction of sp³-hybridized carbons (Fsp3) is 0.600. The van der Waals surface area contributed by atoms with Gasteiger partial charge in [-0.3, -0.25) is 0 Å². The predicted molar refractivity (Wildman–Crippen MR) is 76.0 cm³/mol. The molecule has 2 heterocycles. The summed E-state index contributed by atoms with van der Waals surface area (Å²) >= 11 is 0. The molecule has 2 saturated heterocycles. The largest absolute Gasteiger partial charge is 0.497 e. The molecule has 2 atom stereocenters. The van der Waals surface area contributed by atoms with E-state index >= 15 is 0 Å². The second-order valence-electron chi connectivity index (χ2n) is 5.59. The van der Waals surface area contributed by atoms with Crippen molar-refractivity contribution in [3.8, 4) is 11.5 Å². The topological polar surface area (TPSA) is 47.7 Å². The Morgan fingerprint density at radius 3 is 2.00 bits per heavy atom. The Kier molecular flexibility index (Phi) is 3.27. The number of methoxy groups -OCH3 is 2. The molecule has 0 aliphatic carbocycles. The van der Waals surface area contributed by atoms with Crippen LogP contribution in [0.1, 0.15) is 25.7 Å². The summed E-state index contributed by atoms with van der Waals surface area (Å²) in [6.07, 6.45) is 4.68. The SMILES string of the molecule is COc1cc(OC)cc(N2C3CCC2CC(N)C3)c1. The van der Waals surface area contributed by atoms with Crippen LogP contribution in [0, 0.1) is 0 Å². The molecule has 0 aromatic heterocycles. The van der Waals surface area contributed by atoms with Crippen LogP contribution in [0.2, 0.25) is 0 Å². The lowest BCUT2D eigenvalue weighted by Gasteiger charge is -2.39. The average molecular weight is 262 g/mol. The fourth-order valence-electron chi connectivity index (χ4n) is 3.58. The average Bonchev–Trinajstić information content (AvgIpc) is 2.70. The van der Waals surface area contributed by atoms with Crippen molar-refractivity contribution >= 4 is 5.69 Å². The zero-order chi connectivity index (χ0) is 13.4. The molecule has 4 heteroatoms. The van der Waals surface area contributed by atoms with Crippen LogP contribution in [-0.4, -0.2) is 32.3 Å². The number of ether oxygens (including phenoxy) is 2. The van der Waals surface area contributed by atoms with Gasteiger partial charge in [0, 0.05) is 42.0 Å². The summed E-state index contributed by atoms with van der Waals surface area (Å²) < 4.78 is 10.7. The van der Waals surface area contributed by atoms with Crippen LogP contribution < -0.4 is 20.1 Å². The summed E-state index contributed by atoms with van der Waals surface area (Å²) in [6.45, 7) is 0. The van der Waals surface area contributed by atoms with E-state index in [1.165, 1.54) is 18.5 Å². The molecule has 2 aliphatic heterocycles. The molecule has 2 N–H and O–H groups in total. The van der Waals surface area contributed by atoms with Crippen LogP contribution in [0.25, 0.3) is 0 Å². The number of nitrogens with zero attached hydrogens (tertiary/aromatic N) is 1. The Morgan fingerprint density at radius 1 is 1.00 bits per heavy atom. The number of hydrogen-bond acceptors (Lipinski definition) is 4. The van der Waals surface area contributed by atoms with Gasteiger partial charge in [0.1, 0.15) is 11.5 Å². The van der Waals surface area contributed by atoms with Crippen molar-refractivity contribution in [1.82, 2.24) is 0 Å². The maximum absolute atomic E-state index is 6.13. The number of anilines is 1. The van der Waals surface area contributed by atoms with Crippen LogP contribution in [0.3, 0.4) is 0 Å². The lowest BCUT2D eigenvalue weighted by Crippen LogP contribution is -2.47. The Hall–Kier alpha value is -1.42. The van der Waals surface area contributed by atoms with E-state index in [1.54, 1.807) is 14.2 Å². The summed E-state index contributed by atoms with van der Waals surface area (Å²) in [5.41, 5.74) is 7.34. The second kappa shape index (κ2) is 4.93. The van der Waals surface area contributed by atoms with E-state index in [2.05, 4.69) is 17.0 Å². The van der Waals surface area contributed by atoms with Gasteiger partial charge >= 0.3 is 0 Å². The fourth-order valence-corrected chi connectivity index (χ4v) is 3.58. The number of nitrogens with two attached hydrogens (primary N) is 1. The van der Waals surface area contributed by atoms with Crippen molar-refractivity contribution < 1.29 is 9.47 Å². The first kappa shape index (κ1) is 12.6. The van der Waals surface area contributed by atoms with Crippen molar-refractivity contribution in [2.75, 3.05) is 19.1 Å². The third-order valence-electron chi connectivity index (χ3n) is 4.40. The highest BCUT2D eigenvalue weighted by atomic mass is 16.5. The van der Waals surface area contributed by atoms with Gasteiger partial charge in [-0.15, -0.1) is 0 Å². The molecule has 2 bridgehead atoms. The zero-order valence-corrected chi connectivity index (χ0v) is 11.6. The molecule has 3 rings (SSSR count). The first-order chi connectivity index (χ1) is 9.21. The monoisotopic (exact) mass is 262 g/mol. The van der Waals surface area contributed by atoms with Gasteiger partial charge in [0.15, 0.2) is 0 Å². The van der Waals surface area contributed by atoms with Crippen molar-refractivity contribution in [3.63, 3.8) is 0 Å². The van der Waals surface area contributed by atoms with Gasteiger partial charge in [-0.1, -0.05) is 0 Å². The lowest BCUT2D eigenvalue weighted by atomic mass is 9.97. The molecule has 0 radical (unpaired) electrons. The molecule has 1 aromatic rings. The first-order valence-electron chi connectivity index (χ1n) is 6.98. The third-order valence-corrected chi connectivity index (χ3v) is 4.40. The third kappa shape index (κ3) is 2.25. The first-order valence-corrected chi connectivity index (χ1v) is 6.98. The van der Waals surface area contributed by atoms with Crippen molar-refractivity contribution in [1.29, 1.82) is 0 Å². The van der Waals surface area contributed by atoms with Gasteiger partial charge in [0.25, 0.3) is 0 Å². The van der Waals surface area contributed by atoms with E-state index in [-0.39, 0.29) is 0 Å². The minimum absolute atomic E-state index is 0.362. The van der Waals surface area contributed by atoms with Gasteiger partial charge in [0.2, 0.25) is 0 Å². The minimum atomic E-state index is 0.362. The Labute approximate surface area is 114 Å². The molecule has 2 aliphatic rings. The van der Waals surface area contributed by atoms with Gasteiger partial charge in [-0.25, -0.2) is 0 Å². The number of rotatable bonds is 3. The van der Waals surface area contributed by atoms with Crippen LogP contribution in [0.15, 0.2) is 18.2 Å². The quantitative estimate of drug-likeness (QED) is 0.907. The molecule has 2 fully saturated rings. The van der Waals surface area contributed by atoms with Gasteiger partial charge < -0.3 is 20.1 Å². The molecule has 4 nitrogen and oxygen atoms in total. The van der Waals surface area contributed by atoms with Crippen molar-refractivity contribution in [3.05, 3.63) is 18.2 Å². The van der Waals surface area contributed by atoms with Crippen LogP contribution in [-0.2, 0) is 0 Å². The zero-order valence-electron chi connectivity index (χ0n) is 11.6. The predicted octanol–water partition coefficient (Wildman–Crippen LogP) is 2.16. The molecule has 2 unspecified atom stereocenters.